The van der Waals surface area contributed by atoms with Crippen molar-refractivity contribution in [3.05, 3.63) is 36.3 Å². The van der Waals surface area contributed by atoms with E-state index in [9.17, 15) is 4.39 Å². The lowest BCUT2D eigenvalue weighted by molar-refractivity contribution is 0.278. The highest BCUT2D eigenvalue weighted by molar-refractivity contribution is 5.80. The van der Waals surface area contributed by atoms with Gasteiger partial charge in [0.2, 0.25) is 0 Å². The number of benzene rings is 1. The molecule has 2 aromatic rings. The first-order chi connectivity index (χ1) is 6.33. The van der Waals surface area contributed by atoms with Gasteiger partial charge < -0.3 is 9.67 Å². The molecule has 0 amide bonds. The number of fused-ring (bicyclic) bond motifs is 1. The van der Waals surface area contributed by atoms with Gasteiger partial charge in [-0.3, -0.25) is 0 Å². The van der Waals surface area contributed by atoms with Crippen molar-refractivity contribution in [2.75, 3.05) is 6.61 Å². The molecule has 0 aliphatic carbocycles. The van der Waals surface area contributed by atoms with E-state index in [2.05, 4.69) is 0 Å². The molecule has 1 N–H and O–H groups in total. The Bertz CT molecular complexity index is 422. The quantitative estimate of drug-likeness (QED) is 0.746. The predicted molar refractivity (Wildman–Crippen MR) is 49.0 cm³/mol. The summed E-state index contributed by atoms with van der Waals surface area (Å²) in [6.45, 7) is 0.461. The number of aromatic nitrogens is 1. The molecule has 0 fully saturated rings. The molecular weight excluding hydrogens is 169 g/mol. The van der Waals surface area contributed by atoms with Gasteiger partial charge in [0, 0.05) is 18.1 Å². The van der Waals surface area contributed by atoms with Crippen molar-refractivity contribution in [2.24, 2.45) is 0 Å². The van der Waals surface area contributed by atoms with Crippen molar-refractivity contribution >= 4 is 10.9 Å². The standard InChI is InChI=1S/C10H10FNO/c11-9-3-1-2-8-4-5-12(6-7-13)10(8)9/h1-5,13H,6-7H2. The van der Waals surface area contributed by atoms with E-state index in [1.807, 2.05) is 12.1 Å². The van der Waals surface area contributed by atoms with E-state index in [1.54, 1.807) is 16.8 Å². The van der Waals surface area contributed by atoms with Crippen LogP contribution in [0.25, 0.3) is 10.9 Å². The Balaban J connectivity index is 2.64. The number of hydrogen-bond donors (Lipinski definition) is 1. The Morgan fingerprint density at radius 2 is 2.15 bits per heavy atom. The summed E-state index contributed by atoms with van der Waals surface area (Å²) in [5.74, 6) is -0.240. The van der Waals surface area contributed by atoms with Gasteiger partial charge in [0.15, 0.2) is 0 Å². The molecule has 0 bridgehead atoms. The Hall–Kier alpha value is -1.35. The van der Waals surface area contributed by atoms with E-state index < -0.39 is 0 Å². The van der Waals surface area contributed by atoms with Crippen molar-refractivity contribution in [3.63, 3.8) is 0 Å². The molecule has 0 radical (unpaired) electrons. The number of aliphatic hydroxyl groups excluding tert-OH is 1. The molecule has 13 heavy (non-hydrogen) atoms. The maximum Gasteiger partial charge on any atom is 0.147 e. The Labute approximate surface area is 75.2 Å². The third-order valence-electron chi connectivity index (χ3n) is 2.08. The number of para-hydroxylation sites is 1. The van der Waals surface area contributed by atoms with Gasteiger partial charge in [-0.05, 0) is 12.1 Å². The first-order valence-electron chi connectivity index (χ1n) is 4.17. The normalized spacial score (nSPS) is 10.9. The highest BCUT2D eigenvalue weighted by Gasteiger charge is 2.04. The maximum atomic E-state index is 13.3. The van der Waals surface area contributed by atoms with Crippen molar-refractivity contribution in [3.8, 4) is 0 Å². The molecule has 68 valence electrons. The van der Waals surface area contributed by atoms with Gasteiger partial charge in [-0.1, -0.05) is 12.1 Å². The first kappa shape index (κ1) is 8.26. The van der Waals surface area contributed by atoms with Crippen molar-refractivity contribution in [1.82, 2.24) is 4.57 Å². The van der Waals surface area contributed by atoms with Crippen LogP contribution in [0.1, 0.15) is 0 Å². The second kappa shape index (κ2) is 3.18. The fourth-order valence-electron chi connectivity index (χ4n) is 1.51. The molecule has 0 aliphatic rings. The Kier molecular flexibility index (Phi) is 2.02. The summed E-state index contributed by atoms with van der Waals surface area (Å²) >= 11 is 0. The van der Waals surface area contributed by atoms with Crippen LogP contribution in [0, 0.1) is 5.82 Å². The summed E-state index contributed by atoms with van der Waals surface area (Å²) in [5.41, 5.74) is 0.566. The van der Waals surface area contributed by atoms with Crippen LogP contribution in [0.2, 0.25) is 0 Å². The number of nitrogens with zero attached hydrogens (tertiary/aromatic N) is 1. The summed E-state index contributed by atoms with van der Waals surface area (Å²) in [6, 6.07) is 6.80. The van der Waals surface area contributed by atoms with Gasteiger partial charge in [0.05, 0.1) is 12.1 Å². The Morgan fingerprint density at radius 1 is 1.31 bits per heavy atom. The fraction of sp³-hybridized carbons (Fsp3) is 0.200. The smallest absolute Gasteiger partial charge is 0.147 e. The SMILES string of the molecule is OCCn1ccc2cccc(F)c21. The lowest BCUT2D eigenvalue weighted by atomic mass is 10.2. The van der Waals surface area contributed by atoms with E-state index in [-0.39, 0.29) is 12.4 Å². The molecule has 2 rings (SSSR count). The van der Waals surface area contributed by atoms with Crippen molar-refractivity contribution in [2.45, 2.75) is 6.54 Å². The van der Waals surface area contributed by atoms with Gasteiger partial charge in [-0.15, -0.1) is 0 Å². The first-order valence-corrected chi connectivity index (χ1v) is 4.17. The van der Waals surface area contributed by atoms with Crippen LogP contribution >= 0.6 is 0 Å². The van der Waals surface area contributed by atoms with Crippen LogP contribution in [0.15, 0.2) is 30.5 Å². The molecule has 0 aliphatic heterocycles. The Morgan fingerprint density at radius 3 is 2.92 bits per heavy atom. The molecular formula is C10H10FNO. The summed E-state index contributed by atoms with van der Waals surface area (Å²) in [4.78, 5) is 0. The molecule has 0 unspecified atom stereocenters. The number of aliphatic hydroxyl groups is 1. The average molecular weight is 179 g/mol. The van der Waals surface area contributed by atoms with Crippen molar-refractivity contribution in [1.29, 1.82) is 0 Å². The zero-order valence-electron chi connectivity index (χ0n) is 7.07. The highest BCUT2D eigenvalue weighted by Crippen LogP contribution is 2.18. The number of hydrogen-bond acceptors (Lipinski definition) is 1. The van der Waals surface area contributed by atoms with Gasteiger partial charge >= 0.3 is 0 Å². The monoisotopic (exact) mass is 179 g/mol. The molecule has 1 aromatic heterocycles. The van der Waals surface area contributed by atoms with Gasteiger partial charge in [0.25, 0.3) is 0 Å². The number of rotatable bonds is 2. The minimum Gasteiger partial charge on any atom is -0.395 e. The summed E-state index contributed by atoms with van der Waals surface area (Å²) < 4.78 is 15.0. The van der Waals surface area contributed by atoms with Gasteiger partial charge in [-0.2, -0.15) is 0 Å². The second-order valence-electron chi connectivity index (χ2n) is 2.91. The highest BCUT2D eigenvalue weighted by atomic mass is 19.1. The minimum atomic E-state index is -0.240. The third kappa shape index (κ3) is 1.31. The summed E-state index contributed by atoms with van der Waals surface area (Å²) in [5, 5.41) is 9.61. The largest absolute Gasteiger partial charge is 0.395 e. The van der Waals surface area contributed by atoms with E-state index in [0.717, 1.165) is 5.39 Å². The van der Waals surface area contributed by atoms with Gasteiger partial charge in [0.1, 0.15) is 5.82 Å². The second-order valence-corrected chi connectivity index (χ2v) is 2.91. The third-order valence-corrected chi connectivity index (χ3v) is 2.08. The zero-order valence-corrected chi connectivity index (χ0v) is 7.07. The minimum absolute atomic E-state index is 0.0259. The molecule has 3 heteroatoms. The van der Waals surface area contributed by atoms with Crippen LogP contribution in [0.5, 0.6) is 0 Å². The zero-order chi connectivity index (χ0) is 9.26. The molecule has 0 saturated heterocycles. The topological polar surface area (TPSA) is 25.2 Å². The molecule has 0 atom stereocenters. The lowest BCUT2D eigenvalue weighted by Gasteiger charge is -2.02. The maximum absolute atomic E-state index is 13.3. The van der Waals surface area contributed by atoms with Crippen LogP contribution in [0.4, 0.5) is 4.39 Å². The van der Waals surface area contributed by atoms with Crippen LogP contribution < -0.4 is 0 Å². The van der Waals surface area contributed by atoms with E-state index in [1.165, 1.54) is 6.07 Å². The molecule has 2 nitrogen and oxygen atoms in total. The molecule has 1 heterocycles. The van der Waals surface area contributed by atoms with Crippen molar-refractivity contribution < 1.29 is 9.50 Å². The van der Waals surface area contributed by atoms with E-state index >= 15 is 0 Å². The number of halogens is 1. The fourth-order valence-corrected chi connectivity index (χ4v) is 1.51. The summed E-state index contributed by atoms with van der Waals surface area (Å²) in [6.07, 6.45) is 1.78. The van der Waals surface area contributed by atoms with E-state index in [0.29, 0.717) is 12.1 Å². The van der Waals surface area contributed by atoms with E-state index in [4.69, 9.17) is 5.11 Å². The summed E-state index contributed by atoms with van der Waals surface area (Å²) in [7, 11) is 0. The van der Waals surface area contributed by atoms with Crippen LogP contribution in [-0.2, 0) is 6.54 Å². The van der Waals surface area contributed by atoms with Gasteiger partial charge in [-0.25, -0.2) is 4.39 Å². The molecule has 0 saturated carbocycles. The predicted octanol–water partition coefficient (Wildman–Crippen LogP) is 1.77. The van der Waals surface area contributed by atoms with Crippen LogP contribution in [-0.4, -0.2) is 16.3 Å². The van der Waals surface area contributed by atoms with Crippen LogP contribution in [0.3, 0.4) is 0 Å². The molecule has 0 spiro atoms. The lowest BCUT2D eigenvalue weighted by Crippen LogP contribution is -2.00. The average Bonchev–Trinajstić information content (AvgIpc) is 2.51. The molecule has 1 aromatic carbocycles.